The molecule has 1 aromatic heterocycles. The fourth-order valence-electron chi connectivity index (χ4n) is 2.26. The number of benzene rings is 1. The predicted molar refractivity (Wildman–Crippen MR) is 103 cm³/mol. The van der Waals surface area contributed by atoms with Crippen molar-refractivity contribution in [2.24, 2.45) is 0 Å². The van der Waals surface area contributed by atoms with Gasteiger partial charge in [-0.25, -0.2) is 9.78 Å². The van der Waals surface area contributed by atoms with Crippen LogP contribution in [0.25, 0.3) is 0 Å². The topological polar surface area (TPSA) is 42.4 Å². The van der Waals surface area contributed by atoms with Crippen LogP contribution >= 0.6 is 11.8 Å². The normalized spacial score (nSPS) is 11.9. The summed E-state index contributed by atoms with van der Waals surface area (Å²) in [5.41, 5.74) is -0.434. The highest BCUT2D eigenvalue weighted by Crippen LogP contribution is 2.29. The molecule has 0 unspecified atom stereocenters. The summed E-state index contributed by atoms with van der Waals surface area (Å²) in [4.78, 5) is 17.9. The molecule has 4 nitrogen and oxygen atoms in total. The zero-order valence-corrected chi connectivity index (χ0v) is 16.8. The van der Waals surface area contributed by atoms with Gasteiger partial charge in [0.25, 0.3) is 0 Å². The molecule has 0 spiro atoms. The van der Waals surface area contributed by atoms with Gasteiger partial charge in [-0.05, 0) is 38.5 Å². The molecule has 1 aromatic carbocycles. The number of aromatic nitrogens is 1. The second-order valence-electron chi connectivity index (χ2n) is 7.12. The van der Waals surface area contributed by atoms with Crippen molar-refractivity contribution in [3.05, 3.63) is 59.8 Å². The van der Waals surface area contributed by atoms with Crippen LogP contribution in [-0.2, 0) is 17.5 Å². The summed E-state index contributed by atoms with van der Waals surface area (Å²) in [5, 5.41) is 0.469. The summed E-state index contributed by atoms with van der Waals surface area (Å²) in [5.74, 6) is 0.477. The molecule has 1 amide bonds. The first kappa shape index (κ1) is 22.1. The number of nitrogens with zero attached hydrogens (tertiary/aromatic N) is 2. The van der Waals surface area contributed by atoms with E-state index in [0.29, 0.717) is 23.9 Å². The van der Waals surface area contributed by atoms with Gasteiger partial charge in [-0.1, -0.05) is 30.3 Å². The molecule has 0 saturated heterocycles. The van der Waals surface area contributed by atoms with Crippen LogP contribution in [0.2, 0.25) is 0 Å². The van der Waals surface area contributed by atoms with E-state index in [0.717, 1.165) is 17.8 Å². The van der Waals surface area contributed by atoms with Gasteiger partial charge in [-0.3, -0.25) is 0 Å². The van der Waals surface area contributed by atoms with E-state index in [1.54, 1.807) is 25.7 Å². The summed E-state index contributed by atoms with van der Waals surface area (Å²) in [6.45, 7) is 6.15. The summed E-state index contributed by atoms with van der Waals surface area (Å²) >= 11 is 1.29. The van der Waals surface area contributed by atoms with Crippen molar-refractivity contribution >= 4 is 17.9 Å². The Bertz CT molecular complexity index is 760. The van der Waals surface area contributed by atoms with Crippen LogP contribution in [0.5, 0.6) is 0 Å². The van der Waals surface area contributed by atoms with Crippen molar-refractivity contribution in [2.45, 2.75) is 44.1 Å². The van der Waals surface area contributed by atoms with Gasteiger partial charge in [0.05, 0.1) is 10.6 Å². The van der Waals surface area contributed by atoms with E-state index in [1.165, 1.54) is 17.8 Å². The van der Waals surface area contributed by atoms with Gasteiger partial charge in [0.2, 0.25) is 0 Å². The van der Waals surface area contributed by atoms with Gasteiger partial charge in [0, 0.05) is 25.0 Å². The second-order valence-corrected chi connectivity index (χ2v) is 8.23. The monoisotopic (exact) mass is 412 g/mol. The maximum absolute atomic E-state index is 12.6. The molecule has 0 aliphatic heterocycles. The van der Waals surface area contributed by atoms with E-state index in [9.17, 15) is 18.0 Å². The van der Waals surface area contributed by atoms with E-state index < -0.39 is 23.4 Å². The lowest BCUT2D eigenvalue weighted by Crippen LogP contribution is -2.37. The van der Waals surface area contributed by atoms with E-state index in [4.69, 9.17) is 4.74 Å². The highest BCUT2D eigenvalue weighted by Gasteiger charge is 2.30. The number of rotatable bonds is 6. The van der Waals surface area contributed by atoms with Crippen LogP contribution < -0.4 is 0 Å². The number of hydrogen-bond donors (Lipinski definition) is 0. The standard InChI is InChI=1S/C20H23F3N2O2S/c1-19(2,3)27-18(26)25(14-15-7-5-4-6-8-15)11-12-28-17-10-9-16(13-24-17)20(21,22)23/h4-10,13H,11-12,14H2,1-3H3. The Kier molecular flexibility index (Phi) is 7.35. The lowest BCUT2D eigenvalue weighted by Gasteiger charge is -2.27. The molecule has 0 fully saturated rings. The number of pyridine rings is 1. The molecule has 2 rings (SSSR count). The number of amides is 1. The van der Waals surface area contributed by atoms with Crippen LogP contribution in [0.15, 0.2) is 53.7 Å². The molecule has 8 heteroatoms. The third kappa shape index (κ3) is 7.42. The largest absolute Gasteiger partial charge is 0.444 e. The van der Waals surface area contributed by atoms with Crippen LogP contribution in [0.1, 0.15) is 31.9 Å². The van der Waals surface area contributed by atoms with E-state index in [1.807, 2.05) is 30.3 Å². The summed E-state index contributed by atoms with van der Waals surface area (Å²) in [6.07, 6.45) is -4.02. The Hall–Kier alpha value is -2.22. The molecule has 0 aliphatic rings. The van der Waals surface area contributed by atoms with E-state index in [-0.39, 0.29) is 0 Å². The Morgan fingerprint density at radius 1 is 1.11 bits per heavy atom. The number of carbonyl (C=O) groups is 1. The zero-order chi connectivity index (χ0) is 20.8. The minimum atomic E-state index is -4.40. The molecular formula is C20H23F3N2O2S. The molecule has 152 valence electrons. The lowest BCUT2D eigenvalue weighted by molar-refractivity contribution is -0.137. The van der Waals surface area contributed by atoms with Crippen LogP contribution in [0, 0.1) is 0 Å². The molecule has 0 saturated carbocycles. The SMILES string of the molecule is CC(C)(C)OC(=O)N(CCSc1ccc(C(F)(F)F)cn1)Cc1ccccc1. The second kappa shape index (κ2) is 9.32. The smallest absolute Gasteiger partial charge is 0.417 e. The van der Waals surface area contributed by atoms with Crippen molar-refractivity contribution < 1.29 is 22.7 Å². The number of carbonyl (C=O) groups excluding carboxylic acids is 1. The molecule has 28 heavy (non-hydrogen) atoms. The van der Waals surface area contributed by atoms with Gasteiger partial charge >= 0.3 is 12.3 Å². The highest BCUT2D eigenvalue weighted by atomic mass is 32.2. The van der Waals surface area contributed by atoms with Gasteiger partial charge in [-0.2, -0.15) is 13.2 Å². The minimum Gasteiger partial charge on any atom is -0.444 e. The van der Waals surface area contributed by atoms with Crippen molar-refractivity contribution in [1.82, 2.24) is 9.88 Å². The third-order valence-corrected chi connectivity index (χ3v) is 4.47. The van der Waals surface area contributed by atoms with Crippen molar-refractivity contribution in [3.8, 4) is 0 Å². The Morgan fingerprint density at radius 2 is 1.79 bits per heavy atom. The quantitative estimate of drug-likeness (QED) is 0.577. The third-order valence-electron chi connectivity index (χ3n) is 3.54. The molecule has 0 bridgehead atoms. The van der Waals surface area contributed by atoms with Crippen LogP contribution in [-0.4, -0.2) is 33.9 Å². The zero-order valence-electron chi connectivity index (χ0n) is 16.0. The molecule has 0 N–H and O–H groups in total. The molecular weight excluding hydrogens is 389 g/mol. The van der Waals surface area contributed by atoms with E-state index >= 15 is 0 Å². The average Bonchev–Trinajstić information content (AvgIpc) is 2.60. The predicted octanol–water partition coefficient (Wildman–Crippen LogP) is 5.63. The maximum atomic E-state index is 12.6. The average molecular weight is 412 g/mol. The molecule has 0 atom stereocenters. The molecule has 0 aliphatic carbocycles. The van der Waals surface area contributed by atoms with Gasteiger partial charge in [-0.15, -0.1) is 11.8 Å². The molecule has 2 aromatic rings. The summed E-state index contributed by atoms with van der Waals surface area (Å²) < 4.78 is 43.3. The summed E-state index contributed by atoms with van der Waals surface area (Å²) in [7, 11) is 0. The Labute approximate surface area is 167 Å². The highest BCUT2D eigenvalue weighted by molar-refractivity contribution is 7.99. The van der Waals surface area contributed by atoms with Crippen LogP contribution in [0.3, 0.4) is 0 Å². The first-order valence-corrected chi connectivity index (χ1v) is 9.71. The van der Waals surface area contributed by atoms with Gasteiger partial charge in [0.15, 0.2) is 0 Å². The van der Waals surface area contributed by atoms with Crippen molar-refractivity contribution in [3.63, 3.8) is 0 Å². The summed E-state index contributed by atoms with van der Waals surface area (Å²) in [6, 6.07) is 11.9. The fraction of sp³-hybridized carbons (Fsp3) is 0.400. The number of hydrogen-bond acceptors (Lipinski definition) is 4. The number of thioether (sulfide) groups is 1. The van der Waals surface area contributed by atoms with Gasteiger partial charge < -0.3 is 9.64 Å². The molecule has 0 radical (unpaired) electrons. The van der Waals surface area contributed by atoms with Gasteiger partial charge in [0.1, 0.15) is 5.60 Å². The van der Waals surface area contributed by atoms with Crippen molar-refractivity contribution in [2.75, 3.05) is 12.3 Å². The number of halogens is 3. The lowest BCUT2D eigenvalue weighted by atomic mass is 10.2. The first-order chi connectivity index (χ1) is 13.0. The molecule has 1 heterocycles. The maximum Gasteiger partial charge on any atom is 0.417 e. The van der Waals surface area contributed by atoms with Crippen LogP contribution in [0.4, 0.5) is 18.0 Å². The first-order valence-electron chi connectivity index (χ1n) is 8.72. The van der Waals surface area contributed by atoms with Crippen molar-refractivity contribution in [1.29, 1.82) is 0 Å². The number of alkyl halides is 3. The minimum absolute atomic E-state index is 0.372. The Morgan fingerprint density at radius 3 is 2.32 bits per heavy atom. The Balaban J connectivity index is 1.98. The fourth-order valence-corrected chi connectivity index (χ4v) is 3.07. The van der Waals surface area contributed by atoms with E-state index in [2.05, 4.69) is 4.98 Å². The number of ether oxygens (including phenoxy) is 1.